The molecule has 3 rings (SSSR count). The molecule has 138 valence electrons. The van der Waals surface area contributed by atoms with Gasteiger partial charge in [0.2, 0.25) is 10.0 Å². The fourth-order valence-electron chi connectivity index (χ4n) is 3.10. The van der Waals surface area contributed by atoms with Crippen LogP contribution >= 0.6 is 0 Å². The van der Waals surface area contributed by atoms with E-state index in [0.717, 1.165) is 12.8 Å². The quantitative estimate of drug-likeness (QED) is 0.668. The average Bonchev–Trinajstić information content (AvgIpc) is 3.25. The number of carbonyl (C=O) groups is 1. The lowest BCUT2D eigenvalue weighted by atomic mass is 10.1. The number of ether oxygens (including phenoxy) is 1. The highest BCUT2D eigenvalue weighted by atomic mass is 32.2. The standard InChI is InChI=1S/C16H22N2O6S/c19-10-15-13(20)9-14(24-15)16(21)17-11-4-3-5-12(8-11)25(22,23)18-6-1-2-7-18/h3-5,8,13-15,19-20H,1-2,6-7,9-10H2,(H,17,21)/t13-,14+,15+/m0/s1. The summed E-state index contributed by atoms with van der Waals surface area (Å²) in [5, 5.41) is 21.4. The molecule has 2 aliphatic rings. The maximum Gasteiger partial charge on any atom is 0.253 e. The lowest BCUT2D eigenvalue weighted by molar-refractivity contribution is -0.127. The van der Waals surface area contributed by atoms with Gasteiger partial charge in [0.15, 0.2) is 0 Å². The summed E-state index contributed by atoms with van der Waals surface area (Å²) in [6.07, 6.45) is -0.777. The second kappa shape index (κ2) is 7.38. The van der Waals surface area contributed by atoms with Crippen molar-refractivity contribution in [3.63, 3.8) is 0 Å². The van der Waals surface area contributed by atoms with E-state index in [2.05, 4.69) is 5.32 Å². The van der Waals surface area contributed by atoms with Gasteiger partial charge in [-0.25, -0.2) is 8.42 Å². The lowest BCUT2D eigenvalue weighted by Gasteiger charge is -2.17. The van der Waals surface area contributed by atoms with Crippen LogP contribution in [0.5, 0.6) is 0 Å². The summed E-state index contributed by atoms with van der Waals surface area (Å²) in [6.45, 7) is 0.652. The Morgan fingerprint density at radius 3 is 2.68 bits per heavy atom. The molecule has 0 unspecified atom stereocenters. The highest BCUT2D eigenvalue weighted by Crippen LogP contribution is 2.25. The summed E-state index contributed by atoms with van der Waals surface area (Å²) in [6, 6.07) is 6.08. The van der Waals surface area contributed by atoms with Crippen molar-refractivity contribution in [1.82, 2.24) is 4.31 Å². The maximum atomic E-state index is 12.6. The van der Waals surface area contributed by atoms with Gasteiger partial charge in [0.1, 0.15) is 12.2 Å². The van der Waals surface area contributed by atoms with Gasteiger partial charge >= 0.3 is 0 Å². The normalized spacial score (nSPS) is 27.5. The molecule has 3 N–H and O–H groups in total. The third kappa shape index (κ3) is 3.85. The van der Waals surface area contributed by atoms with E-state index in [0.29, 0.717) is 18.8 Å². The number of benzene rings is 1. The monoisotopic (exact) mass is 370 g/mol. The number of hydrogen-bond acceptors (Lipinski definition) is 6. The van der Waals surface area contributed by atoms with Gasteiger partial charge in [-0.15, -0.1) is 0 Å². The summed E-state index contributed by atoms with van der Waals surface area (Å²) >= 11 is 0. The molecule has 0 spiro atoms. The first-order valence-corrected chi connectivity index (χ1v) is 9.71. The van der Waals surface area contributed by atoms with Crippen LogP contribution in [0.1, 0.15) is 19.3 Å². The van der Waals surface area contributed by atoms with Crippen molar-refractivity contribution in [3.05, 3.63) is 24.3 Å². The minimum absolute atomic E-state index is 0.0861. The summed E-state index contributed by atoms with van der Waals surface area (Å²) in [7, 11) is -3.56. The van der Waals surface area contributed by atoms with Crippen molar-refractivity contribution >= 4 is 21.6 Å². The molecule has 3 atom stereocenters. The van der Waals surface area contributed by atoms with Crippen LogP contribution in [0.4, 0.5) is 5.69 Å². The summed E-state index contributed by atoms with van der Waals surface area (Å²) < 4.78 is 31.9. The van der Waals surface area contributed by atoms with Gasteiger partial charge in [-0.1, -0.05) is 6.07 Å². The number of anilines is 1. The van der Waals surface area contributed by atoms with Crippen molar-refractivity contribution in [1.29, 1.82) is 0 Å². The first-order valence-electron chi connectivity index (χ1n) is 8.27. The predicted molar refractivity (Wildman–Crippen MR) is 89.4 cm³/mol. The number of aliphatic hydroxyl groups is 2. The van der Waals surface area contributed by atoms with Gasteiger partial charge in [-0.05, 0) is 31.0 Å². The van der Waals surface area contributed by atoms with Crippen LogP contribution in [0.2, 0.25) is 0 Å². The molecule has 8 nitrogen and oxygen atoms in total. The van der Waals surface area contributed by atoms with E-state index >= 15 is 0 Å². The van der Waals surface area contributed by atoms with E-state index in [1.807, 2.05) is 0 Å². The Balaban J connectivity index is 1.71. The van der Waals surface area contributed by atoms with Crippen molar-refractivity contribution in [2.45, 2.75) is 42.5 Å². The van der Waals surface area contributed by atoms with E-state index in [1.165, 1.54) is 16.4 Å². The molecular formula is C16H22N2O6S. The second-order valence-electron chi connectivity index (χ2n) is 6.28. The van der Waals surface area contributed by atoms with Crippen LogP contribution in [-0.4, -0.2) is 66.9 Å². The molecule has 2 heterocycles. The number of hydrogen-bond donors (Lipinski definition) is 3. The first-order chi connectivity index (χ1) is 11.9. The number of nitrogens with zero attached hydrogens (tertiary/aromatic N) is 1. The van der Waals surface area contributed by atoms with Crippen molar-refractivity contribution in [3.8, 4) is 0 Å². The minimum Gasteiger partial charge on any atom is -0.394 e. The van der Waals surface area contributed by atoms with Crippen molar-refractivity contribution < 1.29 is 28.2 Å². The smallest absolute Gasteiger partial charge is 0.253 e. The lowest BCUT2D eigenvalue weighted by Crippen LogP contribution is -2.29. The largest absolute Gasteiger partial charge is 0.394 e. The zero-order chi connectivity index (χ0) is 18.0. The molecule has 1 aromatic rings. The first kappa shape index (κ1) is 18.3. The van der Waals surface area contributed by atoms with Gasteiger partial charge in [0, 0.05) is 25.2 Å². The summed E-state index contributed by atoms with van der Waals surface area (Å²) in [5.74, 6) is -0.481. The number of amides is 1. The zero-order valence-corrected chi connectivity index (χ0v) is 14.5. The Kier molecular flexibility index (Phi) is 5.40. The zero-order valence-electron chi connectivity index (χ0n) is 13.7. The maximum absolute atomic E-state index is 12.6. The topological polar surface area (TPSA) is 116 Å². The molecule has 2 saturated heterocycles. The van der Waals surface area contributed by atoms with Gasteiger partial charge in [-0.3, -0.25) is 4.79 Å². The number of nitrogens with one attached hydrogen (secondary N) is 1. The molecule has 1 aromatic carbocycles. The van der Waals surface area contributed by atoms with Gasteiger partial charge in [-0.2, -0.15) is 4.31 Å². The molecule has 1 amide bonds. The number of aliphatic hydroxyl groups excluding tert-OH is 2. The predicted octanol–water partition coefficient (Wildman–Crippen LogP) is -0.0797. The molecule has 25 heavy (non-hydrogen) atoms. The fraction of sp³-hybridized carbons (Fsp3) is 0.562. The molecule has 0 bridgehead atoms. The number of sulfonamides is 1. The minimum atomic E-state index is -3.56. The van der Waals surface area contributed by atoms with Crippen molar-refractivity contribution in [2.75, 3.05) is 25.0 Å². The summed E-state index contributed by atoms with van der Waals surface area (Å²) in [4.78, 5) is 12.4. The van der Waals surface area contributed by atoms with E-state index in [-0.39, 0.29) is 17.9 Å². The highest BCUT2D eigenvalue weighted by Gasteiger charge is 2.37. The van der Waals surface area contributed by atoms with Crippen molar-refractivity contribution in [2.24, 2.45) is 0 Å². The summed E-state index contributed by atoms with van der Waals surface area (Å²) in [5.41, 5.74) is 0.343. The molecule has 0 radical (unpaired) electrons. The Morgan fingerprint density at radius 2 is 2.04 bits per heavy atom. The van der Waals surface area contributed by atoms with Crippen LogP contribution in [-0.2, 0) is 19.6 Å². The van der Waals surface area contributed by atoms with Gasteiger partial charge in [0.25, 0.3) is 5.91 Å². The molecule has 9 heteroatoms. The molecule has 2 aliphatic heterocycles. The van der Waals surface area contributed by atoms with Gasteiger partial charge in [0.05, 0.1) is 17.6 Å². The number of rotatable bonds is 5. The second-order valence-corrected chi connectivity index (χ2v) is 8.22. The third-order valence-electron chi connectivity index (χ3n) is 4.50. The van der Waals surface area contributed by atoms with Crippen LogP contribution in [0.3, 0.4) is 0 Å². The Bertz CT molecular complexity index is 732. The Labute approximate surface area is 146 Å². The molecule has 0 saturated carbocycles. The van der Waals surface area contributed by atoms with E-state index in [9.17, 15) is 18.3 Å². The SMILES string of the molecule is O=C(Nc1cccc(S(=O)(=O)N2CCCC2)c1)[C@H]1C[C@H](O)[C@@H](CO)O1. The molecule has 2 fully saturated rings. The Hall–Kier alpha value is -1.52. The van der Waals surface area contributed by atoms with Crippen LogP contribution in [0.15, 0.2) is 29.2 Å². The van der Waals surface area contributed by atoms with Crippen LogP contribution in [0, 0.1) is 0 Å². The van der Waals surface area contributed by atoms with E-state index in [4.69, 9.17) is 9.84 Å². The van der Waals surface area contributed by atoms with Gasteiger partial charge < -0.3 is 20.3 Å². The van der Waals surface area contributed by atoms with E-state index in [1.54, 1.807) is 12.1 Å². The number of carbonyl (C=O) groups excluding carboxylic acids is 1. The van der Waals surface area contributed by atoms with E-state index < -0.39 is 34.2 Å². The third-order valence-corrected chi connectivity index (χ3v) is 6.40. The molecular weight excluding hydrogens is 348 g/mol. The molecule has 0 aromatic heterocycles. The highest BCUT2D eigenvalue weighted by molar-refractivity contribution is 7.89. The van der Waals surface area contributed by atoms with Crippen LogP contribution < -0.4 is 5.32 Å². The Morgan fingerprint density at radius 1 is 1.32 bits per heavy atom. The average molecular weight is 370 g/mol. The fourth-order valence-corrected chi connectivity index (χ4v) is 4.66. The van der Waals surface area contributed by atoms with Crippen LogP contribution in [0.25, 0.3) is 0 Å². The molecule has 0 aliphatic carbocycles.